The zero-order valence-electron chi connectivity index (χ0n) is 8.89. The lowest BCUT2D eigenvalue weighted by Gasteiger charge is -2.02. The second-order valence-corrected chi connectivity index (χ2v) is 4.48. The van der Waals surface area contributed by atoms with E-state index >= 15 is 0 Å². The Morgan fingerprint density at radius 2 is 1.93 bits per heavy atom. The van der Waals surface area contributed by atoms with E-state index in [1.165, 1.54) is 16.7 Å². The molecule has 0 spiro atoms. The molecule has 0 aromatic heterocycles. The molecule has 0 amide bonds. The molecule has 0 aliphatic heterocycles. The lowest BCUT2D eigenvalue weighted by Crippen LogP contribution is -1.87. The van der Waals surface area contributed by atoms with Crippen molar-refractivity contribution in [3.8, 4) is 0 Å². The normalized spacial score (nSPS) is 11.8. The summed E-state index contributed by atoms with van der Waals surface area (Å²) < 4.78 is 0. The van der Waals surface area contributed by atoms with Crippen LogP contribution in [0.15, 0.2) is 35.9 Å². The third-order valence-electron chi connectivity index (χ3n) is 2.21. The standard InChI is InChI=1S/C13H17Br/c1-11-5-7-13(8-6-11)10-12(2)4-3-9-14/h4-8H,3,9-10H2,1-2H3. The first-order valence-electron chi connectivity index (χ1n) is 4.99. The Balaban J connectivity index is 2.56. The fourth-order valence-electron chi connectivity index (χ4n) is 1.40. The summed E-state index contributed by atoms with van der Waals surface area (Å²) in [5, 5.41) is 1.05. The van der Waals surface area contributed by atoms with Gasteiger partial charge in [0.05, 0.1) is 0 Å². The summed E-state index contributed by atoms with van der Waals surface area (Å²) in [6.45, 7) is 4.32. The van der Waals surface area contributed by atoms with Crippen LogP contribution in [0.5, 0.6) is 0 Å². The topological polar surface area (TPSA) is 0 Å². The van der Waals surface area contributed by atoms with Crippen LogP contribution in [0.3, 0.4) is 0 Å². The number of allylic oxidation sites excluding steroid dienone is 2. The van der Waals surface area contributed by atoms with Gasteiger partial charge < -0.3 is 0 Å². The van der Waals surface area contributed by atoms with Crippen LogP contribution in [0, 0.1) is 6.92 Å². The highest BCUT2D eigenvalue weighted by molar-refractivity contribution is 9.09. The molecule has 1 rings (SSSR count). The number of benzene rings is 1. The number of rotatable bonds is 4. The van der Waals surface area contributed by atoms with Crippen molar-refractivity contribution in [3.05, 3.63) is 47.0 Å². The Kier molecular flexibility index (Phi) is 4.95. The van der Waals surface area contributed by atoms with Gasteiger partial charge in [-0.15, -0.1) is 0 Å². The maximum Gasteiger partial charge on any atom is 0.00660 e. The highest BCUT2D eigenvalue weighted by Crippen LogP contribution is 2.09. The van der Waals surface area contributed by atoms with Gasteiger partial charge in [0, 0.05) is 5.33 Å². The molecule has 0 saturated carbocycles. The van der Waals surface area contributed by atoms with Gasteiger partial charge in [-0.05, 0) is 32.3 Å². The van der Waals surface area contributed by atoms with E-state index in [-0.39, 0.29) is 0 Å². The molecule has 1 aromatic rings. The number of halogens is 1. The third-order valence-corrected chi connectivity index (χ3v) is 2.66. The van der Waals surface area contributed by atoms with Crippen molar-refractivity contribution in [3.63, 3.8) is 0 Å². The SMILES string of the molecule is CC(=CCCBr)Cc1ccc(C)cc1. The zero-order valence-corrected chi connectivity index (χ0v) is 10.5. The van der Waals surface area contributed by atoms with E-state index in [9.17, 15) is 0 Å². The molecular weight excluding hydrogens is 236 g/mol. The molecule has 0 radical (unpaired) electrons. The highest BCUT2D eigenvalue weighted by atomic mass is 79.9. The van der Waals surface area contributed by atoms with Crippen molar-refractivity contribution in [2.75, 3.05) is 5.33 Å². The van der Waals surface area contributed by atoms with Crippen LogP contribution in [-0.4, -0.2) is 5.33 Å². The van der Waals surface area contributed by atoms with Crippen LogP contribution >= 0.6 is 15.9 Å². The number of aryl methyl sites for hydroxylation is 1. The van der Waals surface area contributed by atoms with E-state index in [0.717, 1.165) is 18.2 Å². The Morgan fingerprint density at radius 3 is 2.50 bits per heavy atom. The molecular formula is C13H17Br. The smallest absolute Gasteiger partial charge is 0.00660 e. The molecule has 0 aliphatic rings. The molecule has 1 heteroatoms. The monoisotopic (exact) mass is 252 g/mol. The molecule has 76 valence electrons. The van der Waals surface area contributed by atoms with Gasteiger partial charge in [-0.25, -0.2) is 0 Å². The molecule has 0 heterocycles. The van der Waals surface area contributed by atoms with Gasteiger partial charge in [-0.1, -0.05) is 57.4 Å². The minimum absolute atomic E-state index is 1.05. The lowest BCUT2D eigenvalue weighted by atomic mass is 10.0. The summed E-state index contributed by atoms with van der Waals surface area (Å²) >= 11 is 3.43. The summed E-state index contributed by atoms with van der Waals surface area (Å²) in [6, 6.07) is 8.77. The number of alkyl halides is 1. The maximum absolute atomic E-state index is 3.43. The first-order chi connectivity index (χ1) is 6.72. The fraction of sp³-hybridized carbons (Fsp3) is 0.385. The van der Waals surface area contributed by atoms with Crippen molar-refractivity contribution in [2.24, 2.45) is 0 Å². The second kappa shape index (κ2) is 6.02. The van der Waals surface area contributed by atoms with Crippen LogP contribution in [0.2, 0.25) is 0 Å². The highest BCUT2D eigenvalue weighted by Gasteiger charge is 1.93. The van der Waals surface area contributed by atoms with Gasteiger partial charge >= 0.3 is 0 Å². The molecule has 0 atom stereocenters. The minimum atomic E-state index is 1.05. The fourth-order valence-corrected chi connectivity index (χ4v) is 1.63. The Hall–Kier alpha value is -0.560. The molecule has 0 saturated heterocycles. The van der Waals surface area contributed by atoms with Crippen molar-refractivity contribution < 1.29 is 0 Å². The Bertz CT molecular complexity index is 296. The van der Waals surface area contributed by atoms with Crippen molar-refractivity contribution in [1.29, 1.82) is 0 Å². The van der Waals surface area contributed by atoms with E-state index in [0.29, 0.717) is 0 Å². The van der Waals surface area contributed by atoms with E-state index < -0.39 is 0 Å². The minimum Gasteiger partial charge on any atom is -0.0925 e. The first kappa shape index (κ1) is 11.5. The molecule has 0 bridgehead atoms. The number of hydrogen-bond donors (Lipinski definition) is 0. The van der Waals surface area contributed by atoms with E-state index in [4.69, 9.17) is 0 Å². The summed E-state index contributed by atoms with van der Waals surface area (Å²) in [5.41, 5.74) is 4.18. The molecule has 0 aliphatic carbocycles. The quantitative estimate of drug-likeness (QED) is 0.555. The molecule has 0 unspecified atom stereocenters. The maximum atomic E-state index is 3.43. The summed E-state index contributed by atoms with van der Waals surface area (Å²) in [6.07, 6.45) is 4.50. The molecule has 1 aromatic carbocycles. The van der Waals surface area contributed by atoms with Crippen LogP contribution < -0.4 is 0 Å². The molecule has 0 nitrogen and oxygen atoms in total. The van der Waals surface area contributed by atoms with Gasteiger partial charge in [0.1, 0.15) is 0 Å². The summed E-state index contributed by atoms with van der Waals surface area (Å²) in [4.78, 5) is 0. The molecule has 0 N–H and O–H groups in total. The van der Waals surface area contributed by atoms with E-state index in [1.54, 1.807) is 0 Å². The van der Waals surface area contributed by atoms with Crippen LogP contribution in [0.1, 0.15) is 24.5 Å². The second-order valence-electron chi connectivity index (χ2n) is 3.69. The van der Waals surface area contributed by atoms with Crippen molar-refractivity contribution in [1.82, 2.24) is 0 Å². The zero-order chi connectivity index (χ0) is 10.4. The Labute approximate surface area is 95.2 Å². The van der Waals surface area contributed by atoms with Crippen LogP contribution in [0.4, 0.5) is 0 Å². The largest absolute Gasteiger partial charge is 0.0925 e. The van der Waals surface area contributed by atoms with Gasteiger partial charge in [0.25, 0.3) is 0 Å². The average Bonchev–Trinajstić information content (AvgIpc) is 2.18. The molecule has 14 heavy (non-hydrogen) atoms. The van der Waals surface area contributed by atoms with Gasteiger partial charge in [-0.3, -0.25) is 0 Å². The van der Waals surface area contributed by atoms with E-state index in [2.05, 4.69) is 60.1 Å². The van der Waals surface area contributed by atoms with E-state index in [1.807, 2.05) is 0 Å². The van der Waals surface area contributed by atoms with Crippen LogP contribution in [-0.2, 0) is 6.42 Å². The third kappa shape index (κ3) is 4.10. The van der Waals surface area contributed by atoms with Crippen molar-refractivity contribution >= 4 is 15.9 Å². The first-order valence-corrected chi connectivity index (χ1v) is 6.11. The summed E-state index contributed by atoms with van der Waals surface area (Å²) in [5.74, 6) is 0. The van der Waals surface area contributed by atoms with Gasteiger partial charge in [-0.2, -0.15) is 0 Å². The number of hydrogen-bond acceptors (Lipinski definition) is 0. The van der Waals surface area contributed by atoms with Crippen LogP contribution in [0.25, 0.3) is 0 Å². The average molecular weight is 253 g/mol. The predicted molar refractivity (Wildman–Crippen MR) is 67.1 cm³/mol. The van der Waals surface area contributed by atoms with Gasteiger partial charge in [0.15, 0.2) is 0 Å². The summed E-state index contributed by atoms with van der Waals surface area (Å²) in [7, 11) is 0. The van der Waals surface area contributed by atoms with Crippen molar-refractivity contribution in [2.45, 2.75) is 26.7 Å². The Morgan fingerprint density at radius 1 is 1.29 bits per heavy atom. The predicted octanol–water partition coefficient (Wildman–Crippen LogP) is 4.27. The lowest BCUT2D eigenvalue weighted by molar-refractivity contribution is 1.09. The molecule has 0 fully saturated rings. The van der Waals surface area contributed by atoms with Gasteiger partial charge in [0.2, 0.25) is 0 Å².